The Bertz CT molecular complexity index is 392. The monoisotopic (exact) mass is 254 g/mol. The molecule has 0 saturated heterocycles. The lowest BCUT2D eigenvalue weighted by Gasteiger charge is -2.00. The van der Waals surface area contributed by atoms with E-state index in [-0.39, 0.29) is 12.4 Å². The smallest absolute Gasteiger partial charge is 0.311 e. The van der Waals surface area contributed by atoms with Gasteiger partial charge in [0.2, 0.25) is 0 Å². The van der Waals surface area contributed by atoms with E-state index in [1.54, 1.807) is 11.3 Å². The maximum absolute atomic E-state index is 11.3. The lowest BCUT2D eigenvalue weighted by molar-refractivity contribution is -0.142. The van der Waals surface area contributed by atoms with Crippen molar-refractivity contribution < 1.29 is 9.53 Å². The van der Waals surface area contributed by atoms with E-state index in [9.17, 15) is 4.79 Å². The molecule has 5 heteroatoms. The maximum Gasteiger partial charge on any atom is 0.311 e. The van der Waals surface area contributed by atoms with E-state index in [0.29, 0.717) is 6.61 Å². The molecule has 0 bridgehead atoms. The van der Waals surface area contributed by atoms with Gasteiger partial charge < -0.3 is 10.1 Å². The summed E-state index contributed by atoms with van der Waals surface area (Å²) >= 11 is 1.55. The molecular formula is C12H18N2O2S. The van der Waals surface area contributed by atoms with Crippen molar-refractivity contribution in [2.24, 2.45) is 11.8 Å². The van der Waals surface area contributed by atoms with E-state index in [1.807, 2.05) is 12.3 Å². The predicted octanol–water partition coefficient (Wildman–Crippen LogP) is 2.32. The lowest BCUT2D eigenvalue weighted by Crippen LogP contribution is -2.08. The van der Waals surface area contributed by atoms with Crippen LogP contribution in [0.5, 0.6) is 0 Å². The minimum Gasteiger partial charge on any atom is -0.466 e. The molecule has 1 fully saturated rings. The molecule has 1 heterocycles. The summed E-state index contributed by atoms with van der Waals surface area (Å²) in [5.74, 6) is 1.44. The van der Waals surface area contributed by atoms with Crippen molar-refractivity contribution in [3.8, 4) is 0 Å². The van der Waals surface area contributed by atoms with Crippen molar-refractivity contribution in [3.05, 3.63) is 11.1 Å². The number of aromatic nitrogens is 1. The summed E-state index contributed by atoms with van der Waals surface area (Å²) < 4.78 is 4.88. The number of hydrogen-bond donors (Lipinski definition) is 1. The summed E-state index contributed by atoms with van der Waals surface area (Å²) in [6.07, 6.45) is 1.58. The highest BCUT2D eigenvalue weighted by atomic mass is 32.1. The van der Waals surface area contributed by atoms with Crippen LogP contribution in [0.15, 0.2) is 5.38 Å². The highest BCUT2D eigenvalue weighted by Gasteiger charge is 2.32. The van der Waals surface area contributed by atoms with Crippen molar-refractivity contribution in [3.63, 3.8) is 0 Å². The minimum atomic E-state index is -0.208. The van der Waals surface area contributed by atoms with E-state index in [0.717, 1.165) is 29.2 Å². The van der Waals surface area contributed by atoms with E-state index in [1.165, 1.54) is 6.42 Å². The van der Waals surface area contributed by atoms with Crippen LogP contribution in [-0.2, 0) is 16.0 Å². The number of thiazole rings is 1. The van der Waals surface area contributed by atoms with Gasteiger partial charge in [0.1, 0.15) is 0 Å². The minimum absolute atomic E-state index is 0.208. The van der Waals surface area contributed by atoms with Gasteiger partial charge in [-0.3, -0.25) is 4.79 Å². The number of carbonyl (C=O) groups excluding carboxylic acids is 1. The standard InChI is InChI=1S/C12H18N2O2S/c1-3-16-11(15)5-10-7-17-12(14-10)13-6-9-4-8(9)2/h7-9H,3-6H2,1-2H3,(H,13,14). The topological polar surface area (TPSA) is 51.2 Å². The van der Waals surface area contributed by atoms with Crippen molar-refractivity contribution in [1.82, 2.24) is 4.98 Å². The van der Waals surface area contributed by atoms with Crippen molar-refractivity contribution >= 4 is 22.4 Å². The summed E-state index contributed by atoms with van der Waals surface area (Å²) in [7, 11) is 0. The molecule has 0 aliphatic heterocycles. The molecule has 1 N–H and O–H groups in total. The molecule has 1 aromatic heterocycles. The Hall–Kier alpha value is -1.10. The average molecular weight is 254 g/mol. The Morgan fingerprint density at radius 3 is 3.12 bits per heavy atom. The number of anilines is 1. The summed E-state index contributed by atoms with van der Waals surface area (Å²) in [6, 6.07) is 0. The molecule has 2 unspecified atom stereocenters. The van der Waals surface area contributed by atoms with Gasteiger partial charge in [-0.2, -0.15) is 0 Å². The fourth-order valence-corrected chi connectivity index (χ4v) is 2.45. The van der Waals surface area contributed by atoms with Crippen LogP contribution >= 0.6 is 11.3 Å². The molecule has 2 rings (SSSR count). The van der Waals surface area contributed by atoms with E-state index < -0.39 is 0 Å². The number of carbonyl (C=O) groups is 1. The van der Waals surface area contributed by atoms with Gasteiger partial charge in [-0.1, -0.05) is 6.92 Å². The van der Waals surface area contributed by atoms with Crippen LogP contribution in [0.2, 0.25) is 0 Å². The Morgan fingerprint density at radius 2 is 2.47 bits per heavy atom. The summed E-state index contributed by atoms with van der Waals surface area (Å²) in [4.78, 5) is 15.6. The first kappa shape index (κ1) is 12.4. The zero-order chi connectivity index (χ0) is 12.3. The zero-order valence-corrected chi connectivity index (χ0v) is 11.0. The third kappa shape index (κ3) is 3.70. The molecule has 1 aliphatic rings. The first-order valence-electron chi connectivity index (χ1n) is 6.03. The van der Waals surface area contributed by atoms with Crippen LogP contribution in [-0.4, -0.2) is 24.1 Å². The molecule has 2 atom stereocenters. The molecular weight excluding hydrogens is 236 g/mol. The van der Waals surface area contributed by atoms with E-state index in [2.05, 4.69) is 17.2 Å². The maximum atomic E-state index is 11.3. The molecule has 4 nitrogen and oxygen atoms in total. The Balaban J connectivity index is 1.77. The first-order valence-corrected chi connectivity index (χ1v) is 6.91. The molecule has 0 spiro atoms. The van der Waals surface area contributed by atoms with Crippen molar-refractivity contribution in [2.75, 3.05) is 18.5 Å². The number of nitrogens with zero attached hydrogens (tertiary/aromatic N) is 1. The molecule has 0 amide bonds. The third-order valence-corrected chi connectivity index (χ3v) is 3.82. The van der Waals surface area contributed by atoms with Crippen LogP contribution in [0.1, 0.15) is 26.0 Å². The van der Waals surface area contributed by atoms with Crippen LogP contribution < -0.4 is 5.32 Å². The van der Waals surface area contributed by atoms with Gasteiger partial charge in [0.05, 0.1) is 18.7 Å². The van der Waals surface area contributed by atoms with Crippen LogP contribution in [0.4, 0.5) is 5.13 Å². The second-order valence-electron chi connectivity index (χ2n) is 4.48. The van der Waals surface area contributed by atoms with Crippen molar-refractivity contribution in [2.45, 2.75) is 26.7 Å². The Kier molecular flexibility index (Phi) is 3.99. The molecule has 94 valence electrons. The lowest BCUT2D eigenvalue weighted by atomic mass is 10.3. The number of rotatable bonds is 6. The second kappa shape index (κ2) is 5.49. The van der Waals surface area contributed by atoms with Crippen LogP contribution in [0, 0.1) is 11.8 Å². The highest BCUT2D eigenvalue weighted by molar-refractivity contribution is 7.13. The first-order chi connectivity index (χ1) is 8.19. The molecule has 1 aromatic rings. The Morgan fingerprint density at radius 1 is 1.71 bits per heavy atom. The molecule has 1 aliphatic carbocycles. The quantitative estimate of drug-likeness (QED) is 0.792. The highest BCUT2D eigenvalue weighted by Crippen LogP contribution is 2.37. The van der Waals surface area contributed by atoms with Crippen LogP contribution in [0.25, 0.3) is 0 Å². The van der Waals surface area contributed by atoms with Gasteiger partial charge in [-0.25, -0.2) is 4.98 Å². The van der Waals surface area contributed by atoms with Crippen LogP contribution in [0.3, 0.4) is 0 Å². The Labute approximate surface area is 105 Å². The number of esters is 1. The van der Waals surface area contributed by atoms with Gasteiger partial charge >= 0.3 is 5.97 Å². The fourth-order valence-electron chi connectivity index (χ4n) is 1.73. The average Bonchev–Trinajstić information content (AvgIpc) is 2.81. The number of hydrogen-bond acceptors (Lipinski definition) is 5. The van der Waals surface area contributed by atoms with E-state index in [4.69, 9.17) is 4.74 Å². The largest absolute Gasteiger partial charge is 0.466 e. The number of ether oxygens (including phenoxy) is 1. The molecule has 0 aromatic carbocycles. The van der Waals surface area contributed by atoms with Gasteiger partial charge in [-0.15, -0.1) is 11.3 Å². The van der Waals surface area contributed by atoms with Gasteiger partial charge in [0.15, 0.2) is 5.13 Å². The normalized spacial score (nSPS) is 22.2. The molecule has 17 heavy (non-hydrogen) atoms. The van der Waals surface area contributed by atoms with Gasteiger partial charge in [0.25, 0.3) is 0 Å². The van der Waals surface area contributed by atoms with Crippen molar-refractivity contribution in [1.29, 1.82) is 0 Å². The van der Waals surface area contributed by atoms with Gasteiger partial charge in [-0.05, 0) is 25.2 Å². The summed E-state index contributed by atoms with van der Waals surface area (Å²) in [5, 5.41) is 6.14. The van der Waals surface area contributed by atoms with E-state index >= 15 is 0 Å². The molecule has 1 saturated carbocycles. The summed E-state index contributed by atoms with van der Waals surface area (Å²) in [6.45, 7) is 5.49. The SMILES string of the molecule is CCOC(=O)Cc1csc(NCC2CC2C)n1. The number of nitrogens with one attached hydrogen (secondary N) is 1. The molecule has 0 radical (unpaired) electrons. The predicted molar refractivity (Wildman–Crippen MR) is 68.2 cm³/mol. The summed E-state index contributed by atoms with van der Waals surface area (Å²) in [5.41, 5.74) is 0.791. The fraction of sp³-hybridized carbons (Fsp3) is 0.667. The zero-order valence-electron chi connectivity index (χ0n) is 10.2. The third-order valence-electron chi connectivity index (χ3n) is 2.97. The van der Waals surface area contributed by atoms with Gasteiger partial charge in [0, 0.05) is 11.9 Å². The second-order valence-corrected chi connectivity index (χ2v) is 5.34.